The summed E-state index contributed by atoms with van der Waals surface area (Å²) in [6, 6.07) is 39.3. The van der Waals surface area contributed by atoms with Gasteiger partial charge in [0.15, 0.2) is 5.78 Å². The van der Waals surface area contributed by atoms with Crippen LogP contribution in [0.3, 0.4) is 0 Å². The van der Waals surface area contributed by atoms with Crippen LogP contribution in [0.25, 0.3) is 11.6 Å². The van der Waals surface area contributed by atoms with Crippen LogP contribution in [-0.2, 0) is 4.79 Å². The summed E-state index contributed by atoms with van der Waals surface area (Å²) in [5, 5.41) is 0. The highest BCUT2D eigenvalue weighted by Crippen LogP contribution is 2.37. The van der Waals surface area contributed by atoms with E-state index in [1.54, 1.807) is 23.5 Å². The van der Waals surface area contributed by atoms with Crippen LogP contribution in [0, 0.1) is 0 Å². The van der Waals surface area contributed by atoms with Crippen molar-refractivity contribution in [1.29, 1.82) is 0 Å². The van der Waals surface area contributed by atoms with E-state index >= 15 is 0 Å². The number of anilines is 3. The van der Waals surface area contributed by atoms with Crippen molar-refractivity contribution in [3.05, 3.63) is 126 Å². The third-order valence-electron chi connectivity index (χ3n) is 5.88. The maximum Gasteiger partial charge on any atom is 0.186 e. The molecular formula is C31H27NOS2. The maximum absolute atomic E-state index is 13.5. The molecule has 174 valence electrons. The van der Waals surface area contributed by atoms with Gasteiger partial charge in [0.25, 0.3) is 0 Å². The van der Waals surface area contributed by atoms with Crippen LogP contribution in [0.4, 0.5) is 17.1 Å². The first-order valence-electron chi connectivity index (χ1n) is 11.8. The molecule has 0 bridgehead atoms. The van der Waals surface area contributed by atoms with E-state index in [4.69, 9.17) is 0 Å². The second kappa shape index (κ2) is 11.5. The second-order valence-corrected chi connectivity index (χ2v) is 11.0. The molecule has 0 unspecified atom stereocenters. The SMILES string of the molecule is O=C(/C(=C/c1ccc(N(c2ccccc2)c2ccccc2)cc1)c1ccccc1)C1SCCCS1. The van der Waals surface area contributed by atoms with Crippen molar-refractivity contribution in [2.75, 3.05) is 16.4 Å². The van der Waals surface area contributed by atoms with E-state index in [0.29, 0.717) is 0 Å². The summed E-state index contributed by atoms with van der Waals surface area (Å²) in [6.07, 6.45) is 3.22. The number of allylic oxidation sites excluding steroid dienone is 1. The summed E-state index contributed by atoms with van der Waals surface area (Å²) in [6.45, 7) is 0. The fraction of sp³-hybridized carbons (Fsp3) is 0.129. The number of thioether (sulfide) groups is 2. The lowest BCUT2D eigenvalue weighted by Crippen LogP contribution is -2.19. The Morgan fingerprint density at radius 1 is 0.657 bits per heavy atom. The zero-order valence-corrected chi connectivity index (χ0v) is 21.1. The molecule has 4 aromatic rings. The van der Waals surface area contributed by atoms with Crippen LogP contribution in [0.15, 0.2) is 115 Å². The Hall–Kier alpha value is -3.21. The van der Waals surface area contributed by atoms with E-state index in [9.17, 15) is 4.79 Å². The van der Waals surface area contributed by atoms with Crippen molar-refractivity contribution in [1.82, 2.24) is 0 Å². The monoisotopic (exact) mass is 493 g/mol. The van der Waals surface area contributed by atoms with E-state index in [-0.39, 0.29) is 10.4 Å². The molecule has 1 aliphatic heterocycles. The Morgan fingerprint density at radius 2 is 1.14 bits per heavy atom. The third kappa shape index (κ3) is 5.72. The minimum Gasteiger partial charge on any atom is -0.311 e. The molecule has 0 saturated carbocycles. The average molecular weight is 494 g/mol. The largest absolute Gasteiger partial charge is 0.311 e. The van der Waals surface area contributed by atoms with Crippen molar-refractivity contribution >= 4 is 58.0 Å². The van der Waals surface area contributed by atoms with Gasteiger partial charge in [-0.2, -0.15) is 0 Å². The summed E-state index contributed by atoms with van der Waals surface area (Å²) in [7, 11) is 0. The molecule has 0 N–H and O–H groups in total. The molecule has 35 heavy (non-hydrogen) atoms. The molecule has 0 radical (unpaired) electrons. The van der Waals surface area contributed by atoms with Gasteiger partial charge in [0.1, 0.15) is 4.58 Å². The first-order chi connectivity index (χ1) is 17.3. The standard InChI is InChI=1S/C31H27NOS2/c33-30(31-34-21-10-22-35-31)29(25-11-4-1-5-12-25)23-24-17-19-28(20-18-24)32(26-13-6-2-7-14-26)27-15-8-3-9-16-27/h1-9,11-20,23,31H,10,21-22H2/b29-23+. The molecule has 0 aliphatic carbocycles. The highest BCUT2D eigenvalue weighted by Gasteiger charge is 2.26. The van der Waals surface area contributed by atoms with E-state index in [0.717, 1.165) is 45.3 Å². The van der Waals surface area contributed by atoms with Crippen molar-refractivity contribution in [2.45, 2.75) is 11.0 Å². The maximum atomic E-state index is 13.5. The Morgan fingerprint density at radius 3 is 1.69 bits per heavy atom. The second-order valence-electron chi connectivity index (χ2n) is 8.31. The number of benzene rings is 4. The number of Topliss-reactive ketones (excluding diaryl/α,β-unsaturated/α-hetero) is 1. The van der Waals surface area contributed by atoms with Gasteiger partial charge in [-0.25, -0.2) is 0 Å². The summed E-state index contributed by atoms with van der Waals surface area (Å²) < 4.78 is -0.0267. The predicted molar refractivity (Wildman–Crippen MR) is 154 cm³/mol. The van der Waals surface area contributed by atoms with Gasteiger partial charge in [0.05, 0.1) is 0 Å². The molecule has 4 aromatic carbocycles. The summed E-state index contributed by atoms with van der Waals surface area (Å²) in [4.78, 5) is 15.8. The van der Waals surface area contributed by atoms with Crippen molar-refractivity contribution in [3.63, 3.8) is 0 Å². The highest BCUT2D eigenvalue weighted by atomic mass is 32.2. The zero-order valence-electron chi connectivity index (χ0n) is 19.4. The molecular weight excluding hydrogens is 466 g/mol. The van der Waals surface area contributed by atoms with Gasteiger partial charge in [0, 0.05) is 22.6 Å². The minimum atomic E-state index is -0.0267. The number of nitrogens with zero attached hydrogens (tertiary/aromatic N) is 1. The lowest BCUT2D eigenvalue weighted by atomic mass is 9.99. The van der Waals surface area contributed by atoms with Gasteiger partial charge in [-0.1, -0.05) is 78.9 Å². The van der Waals surface area contributed by atoms with Crippen LogP contribution in [0.2, 0.25) is 0 Å². The van der Waals surface area contributed by atoms with Crippen molar-refractivity contribution in [3.8, 4) is 0 Å². The molecule has 1 aliphatic rings. The van der Waals surface area contributed by atoms with E-state index in [1.807, 2.05) is 48.5 Å². The minimum absolute atomic E-state index is 0.0267. The van der Waals surface area contributed by atoms with Crippen LogP contribution >= 0.6 is 23.5 Å². The molecule has 0 aromatic heterocycles. The molecule has 1 saturated heterocycles. The van der Waals surface area contributed by atoms with Gasteiger partial charge < -0.3 is 4.90 Å². The fourth-order valence-corrected chi connectivity index (χ4v) is 6.92. The number of ketones is 1. The first kappa shape index (κ1) is 23.5. The predicted octanol–water partition coefficient (Wildman–Crippen LogP) is 8.46. The Bertz CT molecular complexity index is 1230. The average Bonchev–Trinajstić information content (AvgIpc) is 2.94. The Labute approximate surface area is 216 Å². The molecule has 0 amide bonds. The number of hydrogen-bond donors (Lipinski definition) is 0. The molecule has 2 nitrogen and oxygen atoms in total. The van der Waals surface area contributed by atoms with E-state index < -0.39 is 0 Å². The van der Waals surface area contributed by atoms with Gasteiger partial charge in [0.2, 0.25) is 0 Å². The lowest BCUT2D eigenvalue weighted by molar-refractivity contribution is -0.112. The number of para-hydroxylation sites is 2. The van der Waals surface area contributed by atoms with E-state index in [2.05, 4.69) is 77.7 Å². The van der Waals surface area contributed by atoms with Gasteiger partial charge >= 0.3 is 0 Å². The molecule has 0 atom stereocenters. The number of carbonyl (C=O) groups excluding carboxylic acids is 1. The molecule has 0 spiro atoms. The van der Waals surface area contributed by atoms with Crippen LogP contribution in [0.5, 0.6) is 0 Å². The van der Waals surface area contributed by atoms with Crippen LogP contribution in [-0.4, -0.2) is 21.9 Å². The topological polar surface area (TPSA) is 20.3 Å². The zero-order chi connectivity index (χ0) is 23.9. The van der Waals surface area contributed by atoms with Gasteiger partial charge in [-0.15, -0.1) is 23.5 Å². The smallest absolute Gasteiger partial charge is 0.186 e. The highest BCUT2D eigenvalue weighted by molar-refractivity contribution is 8.18. The molecule has 4 heteroatoms. The number of rotatable bonds is 7. The van der Waals surface area contributed by atoms with Gasteiger partial charge in [-0.3, -0.25) is 4.79 Å². The fourth-order valence-electron chi connectivity index (χ4n) is 4.17. The van der Waals surface area contributed by atoms with Crippen molar-refractivity contribution < 1.29 is 4.79 Å². The summed E-state index contributed by atoms with van der Waals surface area (Å²) in [5.41, 5.74) is 6.07. The van der Waals surface area contributed by atoms with Crippen LogP contribution < -0.4 is 4.90 Å². The first-order valence-corrected chi connectivity index (χ1v) is 13.9. The molecule has 1 heterocycles. The normalized spacial score (nSPS) is 14.5. The van der Waals surface area contributed by atoms with Crippen LogP contribution in [0.1, 0.15) is 17.5 Å². The summed E-state index contributed by atoms with van der Waals surface area (Å²) in [5.74, 6) is 2.31. The molecule has 1 fully saturated rings. The number of carbonyl (C=O) groups is 1. The number of hydrogen-bond acceptors (Lipinski definition) is 4. The Kier molecular flexibility index (Phi) is 7.72. The lowest BCUT2D eigenvalue weighted by Gasteiger charge is -2.25. The van der Waals surface area contributed by atoms with Crippen molar-refractivity contribution in [2.24, 2.45) is 0 Å². The third-order valence-corrected chi connectivity index (χ3v) is 8.78. The summed E-state index contributed by atoms with van der Waals surface area (Å²) >= 11 is 3.54. The Balaban J connectivity index is 1.50. The molecule has 5 rings (SSSR count). The van der Waals surface area contributed by atoms with E-state index in [1.165, 1.54) is 6.42 Å². The van der Waals surface area contributed by atoms with Gasteiger partial charge in [-0.05, 0) is 71.5 Å². The quantitative estimate of drug-likeness (QED) is 0.190.